The quantitative estimate of drug-likeness (QED) is 0.736. The van der Waals surface area contributed by atoms with Crippen LogP contribution in [-0.4, -0.2) is 74.1 Å². The molecular formula is C23H30N2O4. The molecule has 0 spiro atoms. The highest BCUT2D eigenvalue weighted by molar-refractivity contribution is 5.39. The maximum absolute atomic E-state index is 10.3. The summed E-state index contributed by atoms with van der Waals surface area (Å²) in [6.07, 6.45) is 0.522. The second kappa shape index (κ2) is 9.48. The van der Waals surface area contributed by atoms with Crippen molar-refractivity contribution < 1.29 is 19.3 Å². The van der Waals surface area contributed by atoms with Crippen molar-refractivity contribution in [3.8, 4) is 17.2 Å². The lowest BCUT2D eigenvalue weighted by Crippen LogP contribution is -2.48. The molecule has 1 fully saturated rings. The van der Waals surface area contributed by atoms with Crippen LogP contribution in [0.5, 0.6) is 17.2 Å². The summed E-state index contributed by atoms with van der Waals surface area (Å²) in [6.45, 7) is 6.68. The van der Waals surface area contributed by atoms with Crippen LogP contribution < -0.4 is 14.2 Å². The van der Waals surface area contributed by atoms with Crippen LogP contribution in [-0.2, 0) is 13.0 Å². The third-order valence-corrected chi connectivity index (χ3v) is 5.60. The van der Waals surface area contributed by atoms with Crippen molar-refractivity contribution in [1.29, 1.82) is 0 Å². The number of piperazine rings is 1. The Bertz CT molecular complexity index is 788. The van der Waals surface area contributed by atoms with Crippen molar-refractivity contribution in [3.05, 3.63) is 53.6 Å². The first-order valence-electron chi connectivity index (χ1n) is 10.3. The lowest BCUT2D eigenvalue weighted by molar-refractivity contribution is 0.0446. The minimum atomic E-state index is -0.500. The van der Waals surface area contributed by atoms with Crippen LogP contribution in [0.25, 0.3) is 0 Å². The molecule has 2 aliphatic rings. The van der Waals surface area contributed by atoms with Gasteiger partial charge >= 0.3 is 0 Å². The molecular weight excluding hydrogens is 368 g/mol. The fourth-order valence-electron chi connectivity index (χ4n) is 3.94. The van der Waals surface area contributed by atoms with Gasteiger partial charge in [0.15, 0.2) is 0 Å². The van der Waals surface area contributed by atoms with Gasteiger partial charge in [0, 0.05) is 45.7 Å². The second-order valence-corrected chi connectivity index (χ2v) is 7.76. The van der Waals surface area contributed by atoms with E-state index in [1.807, 2.05) is 24.3 Å². The van der Waals surface area contributed by atoms with Gasteiger partial charge in [0.25, 0.3) is 0 Å². The number of fused-ring (bicyclic) bond motifs is 1. The Labute approximate surface area is 172 Å². The molecule has 0 bridgehead atoms. The van der Waals surface area contributed by atoms with Gasteiger partial charge in [-0.25, -0.2) is 0 Å². The number of hydrogen-bond acceptors (Lipinski definition) is 6. The molecule has 6 nitrogen and oxygen atoms in total. The van der Waals surface area contributed by atoms with Crippen LogP contribution in [0.2, 0.25) is 0 Å². The first kappa shape index (κ1) is 20.0. The molecule has 0 aliphatic carbocycles. The van der Waals surface area contributed by atoms with Crippen LogP contribution in [0.1, 0.15) is 11.1 Å². The predicted molar refractivity (Wildman–Crippen MR) is 112 cm³/mol. The SMILES string of the molecule is COc1ccc(OCC(O)CN2CCN(Cc3ccc4c(c3)CCO4)CC2)cc1. The van der Waals surface area contributed by atoms with Gasteiger partial charge < -0.3 is 19.3 Å². The van der Waals surface area contributed by atoms with E-state index in [-0.39, 0.29) is 0 Å². The maximum atomic E-state index is 10.3. The number of aliphatic hydroxyl groups is 1. The molecule has 0 amide bonds. The zero-order chi connectivity index (χ0) is 20.1. The van der Waals surface area contributed by atoms with Gasteiger partial charge in [-0.3, -0.25) is 9.80 Å². The molecule has 0 saturated carbocycles. The number of aliphatic hydroxyl groups excluding tert-OH is 1. The molecule has 156 valence electrons. The van der Waals surface area contributed by atoms with Crippen LogP contribution >= 0.6 is 0 Å². The highest BCUT2D eigenvalue weighted by Gasteiger charge is 2.20. The maximum Gasteiger partial charge on any atom is 0.122 e. The van der Waals surface area contributed by atoms with Gasteiger partial charge in [0.05, 0.1) is 13.7 Å². The zero-order valence-electron chi connectivity index (χ0n) is 17.0. The molecule has 0 aromatic heterocycles. The number of β-amino-alcohol motifs (C(OH)–C–C–N with tert-alkyl or cyclic N) is 1. The predicted octanol–water partition coefficient (Wildman–Crippen LogP) is 2.19. The van der Waals surface area contributed by atoms with E-state index in [1.54, 1.807) is 7.11 Å². The van der Waals surface area contributed by atoms with Gasteiger partial charge in [-0.05, 0) is 41.5 Å². The zero-order valence-corrected chi connectivity index (χ0v) is 17.0. The summed E-state index contributed by atoms with van der Waals surface area (Å²) in [5.74, 6) is 2.59. The summed E-state index contributed by atoms with van der Waals surface area (Å²) in [6, 6.07) is 14.0. The highest BCUT2D eigenvalue weighted by Crippen LogP contribution is 2.26. The van der Waals surface area contributed by atoms with Crippen LogP contribution in [0.15, 0.2) is 42.5 Å². The summed E-state index contributed by atoms with van der Waals surface area (Å²) in [4.78, 5) is 4.79. The Hall–Kier alpha value is -2.28. The Morgan fingerprint density at radius 3 is 2.48 bits per heavy atom. The van der Waals surface area contributed by atoms with E-state index >= 15 is 0 Å². The molecule has 4 rings (SSSR count). The molecule has 2 aromatic carbocycles. The standard InChI is InChI=1S/C23H30N2O4/c1-27-21-3-5-22(6-4-21)29-17-20(26)16-25-11-9-24(10-12-25)15-18-2-7-23-19(14-18)8-13-28-23/h2-7,14,20,26H,8-13,15-17H2,1H3. The van der Waals surface area contributed by atoms with E-state index in [0.717, 1.165) is 63.0 Å². The molecule has 29 heavy (non-hydrogen) atoms. The molecule has 2 aromatic rings. The molecule has 1 atom stereocenters. The van der Waals surface area contributed by atoms with E-state index in [1.165, 1.54) is 11.1 Å². The summed E-state index contributed by atoms with van der Waals surface area (Å²) in [5.41, 5.74) is 2.69. The molecule has 1 unspecified atom stereocenters. The normalized spacial score (nSPS) is 18.1. The van der Waals surface area contributed by atoms with Gasteiger partial charge in [0.2, 0.25) is 0 Å². The highest BCUT2D eigenvalue weighted by atomic mass is 16.5. The second-order valence-electron chi connectivity index (χ2n) is 7.76. The summed E-state index contributed by atoms with van der Waals surface area (Å²) in [7, 11) is 1.64. The largest absolute Gasteiger partial charge is 0.497 e. The number of ether oxygens (including phenoxy) is 3. The molecule has 1 N–H and O–H groups in total. The number of hydrogen-bond donors (Lipinski definition) is 1. The lowest BCUT2D eigenvalue weighted by atomic mass is 10.1. The van der Waals surface area contributed by atoms with E-state index in [2.05, 4.69) is 28.0 Å². The van der Waals surface area contributed by atoms with Gasteiger partial charge in [-0.2, -0.15) is 0 Å². The van der Waals surface area contributed by atoms with E-state index in [0.29, 0.717) is 13.2 Å². The molecule has 6 heteroatoms. The molecule has 2 heterocycles. The van der Waals surface area contributed by atoms with Crippen molar-refractivity contribution in [2.24, 2.45) is 0 Å². The Morgan fingerprint density at radius 1 is 1.00 bits per heavy atom. The number of benzene rings is 2. The summed E-state index contributed by atoms with van der Waals surface area (Å²) in [5, 5.41) is 10.3. The first-order valence-corrected chi connectivity index (χ1v) is 10.3. The molecule has 0 radical (unpaired) electrons. The van der Waals surface area contributed by atoms with Crippen LogP contribution in [0, 0.1) is 0 Å². The van der Waals surface area contributed by atoms with Gasteiger partial charge in [-0.1, -0.05) is 12.1 Å². The topological polar surface area (TPSA) is 54.4 Å². The number of methoxy groups -OCH3 is 1. The van der Waals surface area contributed by atoms with E-state index in [9.17, 15) is 5.11 Å². The molecule has 1 saturated heterocycles. The summed E-state index contributed by atoms with van der Waals surface area (Å²) >= 11 is 0. The van der Waals surface area contributed by atoms with Crippen LogP contribution in [0.4, 0.5) is 0 Å². The summed E-state index contributed by atoms with van der Waals surface area (Å²) < 4.78 is 16.4. The Morgan fingerprint density at radius 2 is 1.72 bits per heavy atom. The third kappa shape index (κ3) is 5.41. The first-order chi connectivity index (χ1) is 14.2. The van der Waals surface area contributed by atoms with Gasteiger partial charge in [-0.15, -0.1) is 0 Å². The fourth-order valence-corrected chi connectivity index (χ4v) is 3.94. The average Bonchev–Trinajstić information content (AvgIpc) is 3.22. The minimum Gasteiger partial charge on any atom is -0.497 e. The monoisotopic (exact) mass is 398 g/mol. The average molecular weight is 399 g/mol. The van der Waals surface area contributed by atoms with Crippen molar-refractivity contribution in [1.82, 2.24) is 9.80 Å². The number of nitrogens with zero attached hydrogens (tertiary/aromatic N) is 2. The smallest absolute Gasteiger partial charge is 0.122 e. The lowest BCUT2D eigenvalue weighted by Gasteiger charge is -2.35. The van der Waals surface area contributed by atoms with E-state index in [4.69, 9.17) is 14.2 Å². The van der Waals surface area contributed by atoms with Crippen molar-refractivity contribution in [2.45, 2.75) is 19.1 Å². The Balaban J connectivity index is 1.17. The van der Waals surface area contributed by atoms with Crippen LogP contribution in [0.3, 0.4) is 0 Å². The van der Waals surface area contributed by atoms with Crippen molar-refractivity contribution in [2.75, 3.05) is 53.0 Å². The van der Waals surface area contributed by atoms with Gasteiger partial charge in [0.1, 0.15) is 30.0 Å². The number of rotatable bonds is 8. The van der Waals surface area contributed by atoms with Crippen molar-refractivity contribution in [3.63, 3.8) is 0 Å². The van der Waals surface area contributed by atoms with E-state index < -0.39 is 6.10 Å². The molecule has 2 aliphatic heterocycles. The van der Waals surface area contributed by atoms with Crippen molar-refractivity contribution >= 4 is 0 Å². The minimum absolute atomic E-state index is 0.295. The Kier molecular flexibility index (Phi) is 6.54. The third-order valence-electron chi connectivity index (χ3n) is 5.60. The fraction of sp³-hybridized carbons (Fsp3) is 0.478.